The number of likely N-dealkylation sites (tertiary alicyclic amines) is 1. The van der Waals surface area contributed by atoms with Gasteiger partial charge in [0.2, 0.25) is 11.8 Å². The number of nitrogens with zero attached hydrogens (tertiary/aromatic N) is 4. The molecule has 9 heteroatoms. The van der Waals surface area contributed by atoms with Gasteiger partial charge in [-0.25, -0.2) is 4.79 Å². The third-order valence-corrected chi connectivity index (χ3v) is 7.63. The Labute approximate surface area is 258 Å². The third-order valence-electron chi connectivity index (χ3n) is 7.63. The lowest BCUT2D eigenvalue weighted by atomic mass is 9.91. The number of carbonyl (C=O) groups excluding carboxylic acids is 3. The highest BCUT2D eigenvalue weighted by Crippen LogP contribution is 2.33. The van der Waals surface area contributed by atoms with Gasteiger partial charge in [-0.3, -0.25) is 14.5 Å². The van der Waals surface area contributed by atoms with Crippen molar-refractivity contribution in [1.82, 2.24) is 24.9 Å². The number of piperazine rings is 2. The molecule has 43 heavy (non-hydrogen) atoms. The highest BCUT2D eigenvalue weighted by Gasteiger charge is 2.31. The van der Waals surface area contributed by atoms with E-state index in [1.54, 1.807) is 23.6 Å². The van der Waals surface area contributed by atoms with Crippen LogP contribution >= 0.6 is 0 Å². The van der Waals surface area contributed by atoms with E-state index in [0.29, 0.717) is 32.2 Å². The number of amides is 3. The van der Waals surface area contributed by atoms with Crippen LogP contribution in [0.4, 0.5) is 4.79 Å². The Morgan fingerprint density at radius 3 is 1.51 bits per heavy atom. The van der Waals surface area contributed by atoms with E-state index in [0.717, 1.165) is 32.1 Å². The molecule has 2 aromatic carbocycles. The fraction of sp³-hybridized carbons (Fsp3) is 0.559. The van der Waals surface area contributed by atoms with Crippen LogP contribution in [0.5, 0.6) is 0 Å². The molecular formula is C34H51N5O4. The van der Waals surface area contributed by atoms with Crippen molar-refractivity contribution in [2.24, 2.45) is 5.92 Å². The van der Waals surface area contributed by atoms with Crippen molar-refractivity contribution < 1.29 is 19.1 Å². The van der Waals surface area contributed by atoms with Crippen LogP contribution in [0.1, 0.15) is 58.7 Å². The molecule has 5 rings (SSSR count). The van der Waals surface area contributed by atoms with Crippen LogP contribution in [0.25, 0.3) is 0 Å². The van der Waals surface area contributed by atoms with Gasteiger partial charge in [-0.15, -0.1) is 0 Å². The van der Waals surface area contributed by atoms with Crippen LogP contribution in [0.2, 0.25) is 0 Å². The van der Waals surface area contributed by atoms with Gasteiger partial charge >= 0.3 is 6.09 Å². The van der Waals surface area contributed by atoms with E-state index in [1.165, 1.54) is 24.2 Å². The molecule has 0 aromatic heterocycles. The van der Waals surface area contributed by atoms with Crippen LogP contribution in [0.15, 0.2) is 60.7 Å². The van der Waals surface area contributed by atoms with E-state index >= 15 is 0 Å². The fourth-order valence-corrected chi connectivity index (χ4v) is 5.35. The van der Waals surface area contributed by atoms with Crippen molar-refractivity contribution in [2.75, 3.05) is 65.4 Å². The summed E-state index contributed by atoms with van der Waals surface area (Å²) in [6.45, 7) is 19.3. The summed E-state index contributed by atoms with van der Waals surface area (Å²) in [6, 6.07) is 22.1. The number of nitrogens with one attached hydrogen (secondary N) is 1. The molecule has 3 fully saturated rings. The summed E-state index contributed by atoms with van der Waals surface area (Å²) >= 11 is 0. The predicted molar refractivity (Wildman–Crippen MR) is 171 cm³/mol. The Morgan fingerprint density at radius 2 is 1.14 bits per heavy atom. The second kappa shape index (κ2) is 16.4. The van der Waals surface area contributed by atoms with Crippen LogP contribution in [-0.2, 0) is 14.3 Å². The average Bonchev–Trinajstić information content (AvgIpc) is 2.98. The molecule has 0 aliphatic carbocycles. The lowest BCUT2D eigenvalue weighted by molar-refractivity contribution is -0.130. The average molecular weight is 594 g/mol. The van der Waals surface area contributed by atoms with Gasteiger partial charge in [-0.1, -0.05) is 67.6 Å². The van der Waals surface area contributed by atoms with Gasteiger partial charge in [0, 0.05) is 79.3 Å². The normalized spacial score (nSPS) is 17.6. The van der Waals surface area contributed by atoms with Crippen LogP contribution in [-0.4, -0.2) is 109 Å². The first-order chi connectivity index (χ1) is 20.4. The molecule has 3 aliphatic heterocycles. The smallest absolute Gasteiger partial charge is 0.410 e. The zero-order chi connectivity index (χ0) is 31.4. The third kappa shape index (κ3) is 11.3. The summed E-state index contributed by atoms with van der Waals surface area (Å²) in [5.41, 5.74) is 2.33. The summed E-state index contributed by atoms with van der Waals surface area (Å²) in [7, 11) is 0. The van der Waals surface area contributed by atoms with Crippen molar-refractivity contribution in [2.45, 2.75) is 53.2 Å². The Balaban J connectivity index is 0.000000186. The molecule has 0 saturated carbocycles. The maximum Gasteiger partial charge on any atom is 0.410 e. The van der Waals surface area contributed by atoms with E-state index in [9.17, 15) is 14.4 Å². The summed E-state index contributed by atoms with van der Waals surface area (Å²) in [5.74, 6) is 1.08. The first kappa shape index (κ1) is 34.1. The Kier molecular flexibility index (Phi) is 13.0. The monoisotopic (exact) mass is 593 g/mol. The minimum absolute atomic E-state index is 0.0591. The number of rotatable bonds is 3. The van der Waals surface area contributed by atoms with E-state index in [1.807, 2.05) is 25.7 Å². The number of benzene rings is 2. The van der Waals surface area contributed by atoms with Crippen molar-refractivity contribution >= 4 is 17.9 Å². The second-order valence-corrected chi connectivity index (χ2v) is 12.5. The molecule has 0 spiro atoms. The molecule has 3 heterocycles. The fourth-order valence-electron chi connectivity index (χ4n) is 5.35. The molecule has 1 N–H and O–H groups in total. The zero-order valence-corrected chi connectivity index (χ0v) is 26.9. The topological polar surface area (TPSA) is 85.4 Å². The van der Waals surface area contributed by atoms with E-state index < -0.39 is 5.60 Å². The SMILES string of the molecule is CC(=O)N1CCN(C(=O)OC(C)(C)C)CC1.CC(=O)N1CCNCC1.CC1CN(C(c2ccccc2)c2ccccc2)C1. The Bertz CT molecular complexity index is 1090. The van der Waals surface area contributed by atoms with E-state index in [4.69, 9.17) is 4.74 Å². The van der Waals surface area contributed by atoms with Gasteiger partial charge in [0.15, 0.2) is 0 Å². The number of hydrogen-bond acceptors (Lipinski definition) is 6. The van der Waals surface area contributed by atoms with Gasteiger partial charge in [0.1, 0.15) is 5.60 Å². The van der Waals surface area contributed by atoms with Gasteiger partial charge in [0.25, 0.3) is 0 Å². The number of hydrogen-bond donors (Lipinski definition) is 1. The molecule has 9 nitrogen and oxygen atoms in total. The van der Waals surface area contributed by atoms with Crippen LogP contribution in [0, 0.1) is 5.92 Å². The summed E-state index contributed by atoms with van der Waals surface area (Å²) in [4.78, 5) is 41.3. The van der Waals surface area contributed by atoms with Crippen molar-refractivity contribution in [3.63, 3.8) is 0 Å². The van der Waals surface area contributed by atoms with E-state index in [-0.39, 0.29) is 17.9 Å². The zero-order valence-electron chi connectivity index (χ0n) is 26.9. The molecule has 0 atom stereocenters. The molecular weight excluding hydrogens is 542 g/mol. The molecule has 236 valence electrons. The van der Waals surface area contributed by atoms with E-state index in [2.05, 4.69) is 77.8 Å². The maximum atomic E-state index is 11.7. The molecule has 3 aliphatic rings. The van der Waals surface area contributed by atoms with Gasteiger partial charge in [-0.05, 0) is 37.8 Å². The number of ether oxygens (including phenoxy) is 1. The standard InChI is InChI=1S/C17H19N.C11H20N2O3.C6H12N2O/c1-14-12-18(13-14)17(15-8-4-2-5-9-15)16-10-6-3-7-11-16;1-9(14)12-5-7-13(8-6-12)10(15)16-11(2,3)4;1-6(9)8-4-2-7-3-5-8/h2-11,14,17H,12-13H2,1H3;5-8H2,1-4H3;7H,2-5H2,1H3. The Hall–Kier alpha value is -3.43. The first-order valence-electron chi connectivity index (χ1n) is 15.5. The largest absolute Gasteiger partial charge is 0.444 e. The molecule has 3 saturated heterocycles. The van der Waals surface area contributed by atoms with Gasteiger partial charge in [-0.2, -0.15) is 0 Å². The summed E-state index contributed by atoms with van der Waals surface area (Å²) in [6.07, 6.45) is -0.296. The van der Waals surface area contributed by atoms with Gasteiger partial charge in [0.05, 0.1) is 6.04 Å². The lowest BCUT2D eigenvalue weighted by Crippen LogP contribution is -2.51. The quantitative estimate of drug-likeness (QED) is 0.573. The lowest BCUT2D eigenvalue weighted by Gasteiger charge is -2.43. The highest BCUT2D eigenvalue weighted by molar-refractivity contribution is 5.74. The molecule has 0 bridgehead atoms. The van der Waals surface area contributed by atoms with Crippen molar-refractivity contribution in [3.8, 4) is 0 Å². The molecule has 0 unspecified atom stereocenters. The van der Waals surface area contributed by atoms with Gasteiger partial charge < -0.3 is 24.8 Å². The predicted octanol–water partition coefficient (Wildman–Crippen LogP) is 4.25. The van der Waals surface area contributed by atoms with Crippen LogP contribution in [0.3, 0.4) is 0 Å². The minimum atomic E-state index is -0.463. The molecule has 3 amide bonds. The maximum absolute atomic E-state index is 11.7. The summed E-state index contributed by atoms with van der Waals surface area (Å²) in [5, 5.41) is 3.18. The van der Waals surface area contributed by atoms with Crippen LogP contribution < -0.4 is 5.32 Å². The summed E-state index contributed by atoms with van der Waals surface area (Å²) < 4.78 is 5.26. The van der Waals surface area contributed by atoms with Crippen molar-refractivity contribution in [3.05, 3.63) is 71.8 Å². The first-order valence-corrected chi connectivity index (χ1v) is 15.5. The Morgan fingerprint density at radius 1 is 0.721 bits per heavy atom. The second-order valence-electron chi connectivity index (χ2n) is 12.5. The molecule has 0 radical (unpaired) electrons. The molecule has 2 aromatic rings. The van der Waals surface area contributed by atoms with Crippen molar-refractivity contribution in [1.29, 1.82) is 0 Å². The number of carbonyl (C=O) groups is 3. The highest BCUT2D eigenvalue weighted by atomic mass is 16.6. The minimum Gasteiger partial charge on any atom is -0.444 e.